The van der Waals surface area contributed by atoms with Gasteiger partial charge in [-0.05, 0) is 47.7 Å². The van der Waals surface area contributed by atoms with Crippen LogP contribution in [-0.4, -0.2) is 15.6 Å². The summed E-state index contributed by atoms with van der Waals surface area (Å²) in [5.74, 6) is -0.604. The highest BCUT2D eigenvalue weighted by atomic mass is 127. The van der Waals surface area contributed by atoms with E-state index in [-0.39, 0.29) is 5.78 Å². The number of Topliss-reactive ketones (excluding diaryl/α,β-unsaturated/α-hetero) is 1. The molecule has 0 radical (unpaired) electrons. The number of carbonyl (C=O) groups excluding carboxylic acids is 1. The van der Waals surface area contributed by atoms with E-state index in [2.05, 4.69) is 27.7 Å². The van der Waals surface area contributed by atoms with Crippen molar-refractivity contribution in [3.63, 3.8) is 0 Å². The minimum absolute atomic E-state index is 0.152. The Labute approximate surface area is 105 Å². The van der Waals surface area contributed by atoms with E-state index >= 15 is 0 Å². The maximum atomic E-state index is 13.7. The first-order valence-electron chi connectivity index (χ1n) is 4.59. The molecule has 0 N–H and O–H groups in total. The Bertz CT molecular complexity index is 551. The summed E-state index contributed by atoms with van der Waals surface area (Å²) in [6.07, 6.45) is 3.35. The van der Waals surface area contributed by atoms with Crippen molar-refractivity contribution in [2.24, 2.45) is 0 Å². The zero-order valence-corrected chi connectivity index (χ0v) is 10.6. The normalized spacial score (nSPS) is 10.4. The third kappa shape index (κ3) is 2.13. The Kier molecular flexibility index (Phi) is 3.04. The molecule has 0 fully saturated rings. The van der Waals surface area contributed by atoms with Crippen LogP contribution >= 0.6 is 22.6 Å². The van der Waals surface area contributed by atoms with Crippen molar-refractivity contribution >= 4 is 28.4 Å². The number of nitrogens with zero attached hydrogens (tertiary/aromatic N) is 2. The zero-order valence-electron chi connectivity index (χ0n) is 8.45. The Balaban J connectivity index is 2.47. The van der Waals surface area contributed by atoms with Crippen LogP contribution in [0.5, 0.6) is 0 Å². The van der Waals surface area contributed by atoms with E-state index in [4.69, 9.17) is 0 Å². The van der Waals surface area contributed by atoms with Gasteiger partial charge in [0.1, 0.15) is 11.5 Å². The summed E-state index contributed by atoms with van der Waals surface area (Å²) in [5, 5.41) is 4.01. The van der Waals surface area contributed by atoms with Crippen LogP contribution in [0.2, 0.25) is 0 Å². The molecular formula is C11H8FIN2O. The fourth-order valence-electron chi connectivity index (χ4n) is 1.34. The van der Waals surface area contributed by atoms with E-state index in [0.29, 0.717) is 11.3 Å². The molecule has 1 heterocycles. The van der Waals surface area contributed by atoms with Crippen LogP contribution in [0.25, 0.3) is 5.69 Å². The van der Waals surface area contributed by atoms with Crippen LogP contribution < -0.4 is 0 Å². The number of aromatic nitrogens is 2. The predicted molar refractivity (Wildman–Crippen MR) is 66.2 cm³/mol. The second-order valence-corrected chi connectivity index (χ2v) is 4.57. The highest BCUT2D eigenvalue weighted by Gasteiger charge is 2.08. The van der Waals surface area contributed by atoms with Crippen molar-refractivity contribution in [2.75, 3.05) is 0 Å². The van der Waals surface area contributed by atoms with Gasteiger partial charge in [-0.1, -0.05) is 0 Å². The standard InChI is InChI=1S/C11H8FIN2O/c1-7(16)8-2-3-11(10(12)4-8)15-6-9(13)5-14-15/h2-6H,1H3. The van der Waals surface area contributed by atoms with Gasteiger partial charge in [0.05, 0.1) is 9.77 Å². The topological polar surface area (TPSA) is 34.9 Å². The number of rotatable bonds is 2. The SMILES string of the molecule is CC(=O)c1ccc(-n2cc(I)cn2)c(F)c1. The molecule has 0 aliphatic rings. The van der Waals surface area contributed by atoms with E-state index in [1.165, 1.54) is 17.7 Å². The Hall–Kier alpha value is -1.24. The molecule has 2 aromatic rings. The van der Waals surface area contributed by atoms with E-state index < -0.39 is 5.82 Å². The number of hydrogen-bond acceptors (Lipinski definition) is 2. The third-order valence-corrected chi connectivity index (χ3v) is 2.71. The zero-order chi connectivity index (χ0) is 11.7. The number of carbonyl (C=O) groups is 1. The molecule has 0 saturated heterocycles. The molecule has 16 heavy (non-hydrogen) atoms. The van der Waals surface area contributed by atoms with Crippen molar-refractivity contribution in [1.82, 2.24) is 9.78 Å². The summed E-state index contributed by atoms with van der Waals surface area (Å²) < 4.78 is 16.1. The van der Waals surface area contributed by atoms with Crippen LogP contribution in [0.4, 0.5) is 4.39 Å². The largest absolute Gasteiger partial charge is 0.295 e. The fraction of sp³-hybridized carbons (Fsp3) is 0.0909. The van der Waals surface area contributed by atoms with Gasteiger partial charge in [0.25, 0.3) is 0 Å². The summed E-state index contributed by atoms with van der Waals surface area (Å²) in [4.78, 5) is 11.1. The van der Waals surface area contributed by atoms with Gasteiger partial charge in [-0.15, -0.1) is 0 Å². The van der Waals surface area contributed by atoms with E-state index in [9.17, 15) is 9.18 Å². The molecule has 0 unspecified atom stereocenters. The van der Waals surface area contributed by atoms with Gasteiger partial charge in [0.15, 0.2) is 5.78 Å². The van der Waals surface area contributed by atoms with Gasteiger partial charge in [-0.25, -0.2) is 9.07 Å². The first-order chi connectivity index (χ1) is 7.58. The Morgan fingerprint density at radius 3 is 2.75 bits per heavy atom. The fourth-order valence-corrected chi connectivity index (χ4v) is 1.73. The lowest BCUT2D eigenvalue weighted by Gasteiger charge is -2.04. The second kappa shape index (κ2) is 4.32. The lowest BCUT2D eigenvalue weighted by Crippen LogP contribution is -2.01. The minimum Gasteiger partial charge on any atom is -0.295 e. The van der Waals surface area contributed by atoms with Gasteiger partial charge in [0, 0.05) is 11.8 Å². The summed E-state index contributed by atoms with van der Waals surface area (Å²) >= 11 is 2.10. The van der Waals surface area contributed by atoms with Gasteiger partial charge in [0.2, 0.25) is 0 Å². The number of hydrogen-bond donors (Lipinski definition) is 0. The van der Waals surface area contributed by atoms with Gasteiger partial charge in [-0.2, -0.15) is 5.10 Å². The van der Waals surface area contributed by atoms with E-state index in [0.717, 1.165) is 3.57 Å². The minimum atomic E-state index is -0.452. The number of benzene rings is 1. The second-order valence-electron chi connectivity index (χ2n) is 3.33. The van der Waals surface area contributed by atoms with E-state index in [1.807, 2.05) is 0 Å². The highest BCUT2D eigenvalue weighted by molar-refractivity contribution is 14.1. The molecule has 5 heteroatoms. The maximum Gasteiger partial charge on any atom is 0.159 e. The summed E-state index contributed by atoms with van der Waals surface area (Å²) in [6, 6.07) is 4.37. The molecule has 82 valence electrons. The average Bonchev–Trinajstić information content (AvgIpc) is 2.64. The molecule has 0 amide bonds. The molecule has 0 aliphatic carbocycles. The molecule has 3 nitrogen and oxygen atoms in total. The van der Waals surface area contributed by atoms with Crippen LogP contribution in [0, 0.1) is 9.39 Å². The van der Waals surface area contributed by atoms with Crippen LogP contribution in [-0.2, 0) is 0 Å². The molecular weight excluding hydrogens is 322 g/mol. The monoisotopic (exact) mass is 330 g/mol. The maximum absolute atomic E-state index is 13.7. The smallest absolute Gasteiger partial charge is 0.159 e. The number of halogens is 2. The summed E-state index contributed by atoms with van der Waals surface area (Å²) in [6.45, 7) is 1.41. The summed E-state index contributed by atoms with van der Waals surface area (Å²) in [7, 11) is 0. The van der Waals surface area contributed by atoms with Gasteiger partial charge < -0.3 is 0 Å². The van der Waals surface area contributed by atoms with Crippen molar-refractivity contribution in [1.29, 1.82) is 0 Å². The van der Waals surface area contributed by atoms with Crippen LogP contribution in [0.1, 0.15) is 17.3 Å². The molecule has 0 aliphatic heterocycles. The van der Waals surface area contributed by atoms with Crippen molar-refractivity contribution < 1.29 is 9.18 Å². The Morgan fingerprint density at radius 2 is 2.25 bits per heavy atom. The van der Waals surface area contributed by atoms with Crippen molar-refractivity contribution in [2.45, 2.75) is 6.92 Å². The predicted octanol–water partition coefficient (Wildman–Crippen LogP) is 2.82. The molecule has 0 spiro atoms. The van der Waals surface area contributed by atoms with Crippen LogP contribution in [0.3, 0.4) is 0 Å². The molecule has 0 bridgehead atoms. The first kappa shape index (κ1) is 11.3. The quantitative estimate of drug-likeness (QED) is 0.627. The van der Waals surface area contributed by atoms with Crippen molar-refractivity contribution in [3.8, 4) is 5.69 Å². The molecule has 1 aromatic carbocycles. The number of ketones is 1. The lowest BCUT2D eigenvalue weighted by atomic mass is 10.1. The third-order valence-electron chi connectivity index (χ3n) is 2.15. The lowest BCUT2D eigenvalue weighted by molar-refractivity contribution is 0.101. The highest BCUT2D eigenvalue weighted by Crippen LogP contribution is 2.16. The van der Waals surface area contributed by atoms with Gasteiger partial charge in [-0.3, -0.25) is 4.79 Å². The summed E-state index contributed by atoms with van der Waals surface area (Å²) in [5.41, 5.74) is 0.705. The van der Waals surface area contributed by atoms with Crippen LogP contribution in [0.15, 0.2) is 30.6 Å². The van der Waals surface area contributed by atoms with E-state index in [1.54, 1.807) is 24.5 Å². The molecule has 0 atom stereocenters. The average molecular weight is 330 g/mol. The molecule has 2 rings (SSSR count). The Morgan fingerprint density at radius 1 is 1.50 bits per heavy atom. The van der Waals surface area contributed by atoms with Crippen molar-refractivity contribution in [3.05, 3.63) is 45.5 Å². The molecule has 1 aromatic heterocycles. The first-order valence-corrected chi connectivity index (χ1v) is 5.67. The van der Waals surface area contributed by atoms with Gasteiger partial charge >= 0.3 is 0 Å². The molecule has 0 saturated carbocycles.